The molecule has 0 unspecified atom stereocenters. The van der Waals surface area contributed by atoms with Crippen molar-refractivity contribution in [1.29, 1.82) is 0 Å². The van der Waals surface area contributed by atoms with Gasteiger partial charge in [0.1, 0.15) is 0 Å². The zero-order chi connectivity index (χ0) is 15.0. The molecule has 0 aliphatic heterocycles. The highest BCUT2D eigenvalue weighted by Crippen LogP contribution is 2.17. The smallest absolute Gasteiger partial charge is 0.188 e. The number of aryl methyl sites for hydroxylation is 3. The minimum atomic E-state index is 0.501. The molecule has 0 amide bonds. The van der Waals surface area contributed by atoms with Gasteiger partial charge >= 0.3 is 0 Å². The van der Waals surface area contributed by atoms with Gasteiger partial charge in [-0.05, 0) is 50.8 Å². The van der Waals surface area contributed by atoms with Gasteiger partial charge in [0.15, 0.2) is 5.96 Å². The molecule has 112 valence electrons. The number of nitrogens with one attached hydrogen (secondary N) is 1. The standard InChI is InChI=1S/C16H27N3O/c1-5-20-8-6-7-18-16(17)19-11-15-13(3)9-12(2)10-14(15)4/h9-10H,5-8,11H2,1-4H3,(H3,17,18,19). The van der Waals surface area contributed by atoms with Crippen molar-refractivity contribution < 1.29 is 4.74 Å². The molecule has 0 heterocycles. The third kappa shape index (κ3) is 5.61. The van der Waals surface area contributed by atoms with E-state index in [4.69, 9.17) is 10.5 Å². The maximum absolute atomic E-state index is 5.86. The molecule has 0 saturated heterocycles. The minimum absolute atomic E-state index is 0.501. The van der Waals surface area contributed by atoms with Crippen LogP contribution in [0.4, 0.5) is 0 Å². The molecular weight excluding hydrogens is 250 g/mol. The van der Waals surface area contributed by atoms with Crippen LogP contribution in [0.2, 0.25) is 0 Å². The van der Waals surface area contributed by atoms with E-state index in [1.165, 1.54) is 22.3 Å². The van der Waals surface area contributed by atoms with E-state index in [1.54, 1.807) is 0 Å². The van der Waals surface area contributed by atoms with Crippen LogP contribution in [-0.2, 0) is 11.3 Å². The molecule has 0 aromatic heterocycles. The Bertz CT molecular complexity index is 432. The van der Waals surface area contributed by atoms with Gasteiger partial charge < -0.3 is 15.8 Å². The SMILES string of the molecule is CCOCCCNC(N)=NCc1c(C)cc(C)cc1C. The van der Waals surface area contributed by atoms with E-state index in [0.29, 0.717) is 12.5 Å². The van der Waals surface area contributed by atoms with Gasteiger partial charge in [-0.1, -0.05) is 17.7 Å². The number of hydrogen-bond donors (Lipinski definition) is 2. The van der Waals surface area contributed by atoms with Gasteiger partial charge in [-0.3, -0.25) is 0 Å². The Morgan fingerprint density at radius 1 is 1.25 bits per heavy atom. The third-order valence-electron chi connectivity index (χ3n) is 3.22. The number of rotatable bonds is 7. The highest BCUT2D eigenvalue weighted by atomic mass is 16.5. The molecule has 1 aromatic carbocycles. The number of hydrogen-bond acceptors (Lipinski definition) is 2. The van der Waals surface area contributed by atoms with Crippen LogP contribution in [0, 0.1) is 20.8 Å². The van der Waals surface area contributed by atoms with Gasteiger partial charge in [0.2, 0.25) is 0 Å². The largest absolute Gasteiger partial charge is 0.382 e. The van der Waals surface area contributed by atoms with Crippen LogP contribution in [0.15, 0.2) is 17.1 Å². The van der Waals surface area contributed by atoms with Crippen LogP contribution >= 0.6 is 0 Å². The Kier molecular flexibility index (Phi) is 7.09. The summed E-state index contributed by atoms with van der Waals surface area (Å²) in [5, 5.41) is 3.11. The lowest BCUT2D eigenvalue weighted by Gasteiger charge is -2.10. The van der Waals surface area contributed by atoms with Crippen LogP contribution in [0.25, 0.3) is 0 Å². The fraction of sp³-hybridized carbons (Fsp3) is 0.562. The molecule has 0 atom stereocenters. The molecule has 0 aliphatic rings. The van der Waals surface area contributed by atoms with Crippen molar-refractivity contribution in [2.45, 2.75) is 40.7 Å². The van der Waals surface area contributed by atoms with E-state index in [0.717, 1.165) is 26.2 Å². The molecule has 4 heteroatoms. The minimum Gasteiger partial charge on any atom is -0.382 e. The first kappa shape index (κ1) is 16.5. The van der Waals surface area contributed by atoms with Crippen LogP contribution in [0.3, 0.4) is 0 Å². The van der Waals surface area contributed by atoms with Crippen LogP contribution < -0.4 is 11.1 Å². The van der Waals surface area contributed by atoms with Crippen molar-refractivity contribution in [2.24, 2.45) is 10.7 Å². The van der Waals surface area contributed by atoms with Crippen molar-refractivity contribution in [3.63, 3.8) is 0 Å². The van der Waals surface area contributed by atoms with E-state index in [1.807, 2.05) is 6.92 Å². The summed E-state index contributed by atoms with van der Waals surface area (Å²) in [6.07, 6.45) is 0.937. The first-order valence-corrected chi connectivity index (χ1v) is 7.22. The number of nitrogens with two attached hydrogens (primary N) is 1. The van der Waals surface area contributed by atoms with Crippen LogP contribution in [0.1, 0.15) is 35.6 Å². The van der Waals surface area contributed by atoms with E-state index in [2.05, 4.69) is 43.2 Å². The summed E-state index contributed by atoms with van der Waals surface area (Å²) in [4.78, 5) is 4.41. The summed E-state index contributed by atoms with van der Waals surface area (Å²) in [5.41, 5.74) is 11.0. The Balaban J connectivity index is 2.47. The lowest BCUT2D eigenvalue weighted by molar-refractivity contribution is 0.145. The predicted molar refractivity (Wildman–Crippen MR) is 85.1 cm³/mol. The van der Waals surface area contributed by atoms with E-state index >= 15 is 0 Å². The summed E-state index contributed by atoms with van der Waals surface area (Å²) in [7, 11) is 0. The van der Waals surface area contributed by atoms with Crippen molar-refractivity contribution in [1.82, 2.24) is 5.32 Å². The second kappa shape index (κ2) is 8.59. The Morgan fingerprint density at radius 2 is 1.90 bits per heavy atom. The first-order valence-electron chi connectivity index (χ1n) is 7.22. The number of ether oxygens (including phenoxy) is 1. The van der Waals surface area contributed by atoms with Gasteiger partial charge in [-0.15, -0.1) is 0 Å². The van der Waals surface area contributed by atoms with Crippen molar-refractivity contribution in [3.8, 4) is 0 Å². The number of benzene rings is 1. The van der Waals surface area contributed by atoms with Crippen LogP contribution in [-0.4, -0.2) is 25.7 Å². The van der Waals surface area contributed by atoms with Crippen molar-refractivity contribution in [3.05, 3.63) is 34.4 Å². The lowest BCUT2D eigenvalue weighted by atomic mass is 10.00. The van der Waals surface area contributed by atoms with Gasteiger partial charge in [-0.25, -0.2) is 4.99 Å². The molecule has 0 radical (unpaired) electrons. The van der Waals surface area contributed by atoms with Gasteiger partial charge in [0.25, 0.3) is 0 Å². The van der Waals surface area contributed by atoms with Crippen molar-refractivity contribution >= 4 is 5.96 Å². The molecule has 3 N–H and O–H groups in total. The predicted octanol–water partition coefficient (Wildman–Crippen LogP) is 2.44. The number of nitrogens with zero attached hydrogens (tertiary/aromatic N) is 1. The maximum atomic E-state index is 5.86. The zero-order valence-electron chi connectivity index (χ0n) is 13.1. The first-order chi connectivity index (χ1) is 9.54. The summed E-state index contributed by atoms with van der Waals surface area (Å²) in [6.45, 7) is 11.3. The molecule has 4 nitrogen and oxygen atoms in total. The average molecular weight is 277 g/mol. The van der Waals surface area contributed by atoms with Gasteiger partial charge in [0, 0.05) is 19.8 Å². The second-order valence-corrected chi connectivity index (χ2v) is 5.06. The topological polar surface area (TPSA) is 59.6 Å². The fourth-order valence-corrected chi connectivity index (χ4v) is 2.21. The summed E-state index contributed by atoms with van der Waals surface area (Å²) < 4.78 is 5.27. The molecular formula is C16H27N3O. The Hall–Kier alpha value is -1.55. The molecule has 0 spiro atoms. The second-order valence-electron chi connectivity index (χ2n) is 5.06. The number of guanidine groups is 1. The highest BCUT2D eigenvalue weighted by molar-refractivity contribution is 5.77. The molecule has 1 rings (SSSR count). The zero-order valence-corrected chi connectivity index (χ0v) is 13.1. The summed E-state index contributed by atoms with van der Waals surface area (Å²) in [6, 6.07) is 4.37. The van der Waals surface area contributed by atoms with E-state index in [-0.39, 0.29) is 0 Å². The molecule has 0 fully saturated rings. The molecule has 1 aromatic rings. The summed E-state index contributed by atoms with van der Waals surface area (Å²) >= 11 is 0. The number of aliphatic imine (C=N–C) groups is 1. The average Bonchev–Trinajstić information content (AvgIpc) is 2.37. The van der Waals surface area contributed by atoms with E-state index in [9.17, 15) is 0 Å². The van der Waals surface area contributed by atoms with Crippen molar-refractivity contribution in [2.75, 3.05) is 19.8 Å². The maximum Gasteiger partial charge on any atom is 0.188 e. The third-order valence-corrected chi connectivity index (χ3v) is 3.22. The van der Waals surface area contributed by atoms with Crippen LogP contribution in [0.5, 0.6) is 0 Å². The molecule has 0 saturated carbocycles. The van der Waals surface area contributed by atoms with Gasteiger partial charge in [0.05, 0.1) is 6.54 Å². The Labute approximate surface area is 122 Å². The lowest BCUT2D eigenvalue weighted by Crippen LogP contribution is -2.32. The quantitative estimate of drug-likeness (QED) is 0.457. The van der Waals surface area contributed by atoms with E-state index < -0.39 is 0 Å². The molecule has 0 aliphatic carbocycles. The highest BCUT2D eigenvalue weighted by Gasteiger charge is 2.03. The van der Waals surface area contributed by atoms with Gasteiger partial charge in [-0.2, -0.15) is 0 Å². The Morgan fingerprint density at radius 3 is 2.50 bits per heavy atom. The monoisotopic (exact) mass is 277 g/mol. The normalized spacial score (nSPS) is 11.7. The fourth-order valence-electron chi connectivity index (χ4n) is 2.21. The summed E-state index contributed by atoms with van der Waals surface area (Å²) in [5.74, 6) is 0.501. The molecule has 20 heavy (non-hydrogen) atoms. The molecule has 0 bridgehead atoms.